The molecule has 2 rings (SSSR count). The molecule has 0 spiro atoms. The zero-order chi connectivity index (χ0) is 13.7. The molecule has 4 heteroatoms. The second-order valence-corrected chi connectivity index (χ2v) is 5.48. The zero-order valence-corrected chi connectivity index (χ0v) is 11.8. The number of nitrogens with zero attached hydrogens (tertiary/aromatic N) is 1. The van der Waals surface area contributed by atoms with Crippen LogP contribution in [0.1, 0.15) is 36.0 Å². The van der Waals surface area contributed by atoms with Gasteiger partial charge in [0, 0.05) is 29.6 Å². The molecule has 1 N–H and O–H groups in total. The Morgan fingerprint density at radius 1 is 1.32 bits per heavy atom. The maximum Gasteiger partial charge on any atom is 0.164 e. The maximum absolute atomic E-state index is 12.1. The number of carbonyl (C=O) groups is 1. The van der Waals surface area contributed by atoms with Gasteiger partial charge in [-0.3, -0.25) is 9.69 Å². The maximum atomic E-state index is 12.1. The molecule has 1 saturated heterocycles. The number of rotatable bonds is 5. The number of aliphatic hydroxyl groups is 1. The topological polar surface area (TPSA) is 40.5 Å². The van der Waals surface area contributed by atoms with Gasteiger partial charge in [-0.15, -0.1) is 0 Å². The third kappa shape index (κ3) is 4.03. The van der Waals surface area contributed by atoms with Gasteiger partial charge >= 0.3 is 0 Å². The van der Waals surface area contributed by atoms with E-state index < -0.39 is 0 Å². The van der Waals surface area contributed by atoms with Crippen molar-refractivity contribution >= 4 is 17.4 Å². The van der Waals surface area contributed by atoms with E-state index in [9.17, 15) is 9.90 Å². The molecule has 1 aromatic carbocycles. The van der Waals surface area contributed by atoms with Gasteiger partial charge in [-0.05, 0) is 43.7 Å². The molecule has 1 heterocycles. The van der Waals surface area contributed by atoms with Crippen LogP contribution < -0.4 is 0 Å². The predicted octanol–water partition coefficient (Wildman–Crippen LogP) is 2.76. The first kappa shape index (κ1) is 14.5. The molecule has 0 saturated carbocycles. The Hall–Kier alpha value is -0.900. The highest BCUT2D eigenvalue weighted by atomic mass is 35.5. The molecule has 1 atom stereocenters. The van der Waals surface area contributed by atoms with Crippen LogP contribution in [0.3, 0.4) is 0 Å². The number of halogens is 1. The molecule has 3 nitrogen and oxygen atoms in total. The van der Waals surface area contributed by atoms with E-state index in [1.807, 2.05) is 0 Å². The summed E-state index contributed by atoms with van der Waals surface area (Å²) in [4.78, 5) is 14.3. The van der Waals surface area contributed by atoms with Crippen molar-refractivity contribution in [3.05, 3.63) is 34.9 Å². The molecule has 1 aliphatic heterocycles. The highest BCUT2D eigenvalue weighted by Gasteiger charge is 2.21. The van der Waals surface area contributed by atoms with Crippen molar-refractivity contribution in [3.8, 4) is 0 Å². The van der Waals surface area contributed by atoms with E-state index in [1.54, 1.807) is 24.3 Å². The number of Topliss-reactive ketones (excluding diaryl/α,β-unsaturated/α-hetero) is 1. The van der Waals surface area contributed by atoms with Crippen molar-refractivity contribution in [1.82, 2.24) is 4.90 Å². The molecule has 1 fully saturated rings. The van der Waals surface area contributed by atoms with Gasteiger partial charge in [0.1, 0.15) is 0 Å². The summed E-state index contributed by atoms with van der Waals surface area (Å²) in [6.45, 7) is 1.90. The third-order valence-corrected chi connectivity index (χ3v) is 4.00. The molecule has 0 aliphatic carbocycles. The fourth-order valence-electron chi connectivity index (χ4n) is 2.59. The average molecular weight is 282 g/mol. The number of likely N-dealkylation sites (tertiary alicyclic amines) is 1. The molecule has 0 amide bonds. The van der Waals surface area contributed by atoms with Gasteiger partial charge in [-0.2, -0.15) is 0 Å². The monoisotopic (exact) mass is 281 g/mol. The van der Waals surface area contributed by atoms with Gasteiger partial charge in [-0.1, -0.05) is 18.0 Å². The number of aliphatic hydroxyl groups excluding tert-OH is 1. The minimum atomic E-state index is 0.138. The van der Waals surface area contributed by atoms with Gasteiger partial charge < -0.3 is 5.11 Å². The fraction of sp³-hybridized carbons (Fsp3) is 0.533. The molecule has 1 aromatic rings. The van der Waals surface area contributed by atoms with E-state index in [4.69, 9.17) is 11.6 Å². The highest BCUT2D eigenvalue weighted by molar-refractivity contribution is 6.30. The van der Waals surface area contributed by atoms with Crippen LogP contribution >= 0.6 is 11.6 Å². The van der Waals surface area contributed by atoms with Crippen molar-refractivity contribution < 1.29 is 9.90 Å². The van der Waals surface area contributed by atoms with Crippen molar-refractivity contribution in [1.29, 1.82) is 0 Å². The van der Waals surface area contributed by atoms with Gasteiger partial charge in [0.25, 0.3) is 0 Å². The summed E-state index contributed by atoms with van der Waals surface area (Å²) >= 11 is 5.81. The molecule has 0 aromatic heterocycles. The summed E-state index contributed by atoms with van der Waals surface area (Å²) in [5.41, 5.74) is 0.710. The lowest BCUT2D eigenvalue weighted by molar-refractivity contribution is 0.0793. The van der Waals surface area contributed by atoms with Gasteiger partial charge in [-0.25, -0.2) is 0 Å². The lowest BCUT2D eigenvalue weighted by Crippen LogP contribution is -2.42. The van der Waals surface area contributed by atoms with Gasteiger partial charge in [0.15, 0.2) is 5.78 Å². The van der Waals surface area contributed by atoms with E-state index in [0.29, 0.717) is 17.0 Å². The number of carbonyl (C=O) groups excluding carboxylic acids is 1. The normalized spacial score (nSPS) is 20.4. The highest BCUT2D eigenvalue weighted by Crippen LogP contribution is 2.17. The van der Waals surface area contributed by atoms with Crippen LogP contribution in [-0.4, -0.2) is 41.5 Å². The van der Waals surface area contributed by atoms with Crippen LogP contribution in [0.25, 0.3) is 0 Å². The second kappa shape index (κ2) is 7.04. The van der Waals surface area contributed by atoms with Crippen LogP contribution in [0, 0.1) is 0 Å². The van der Waals surface area contributed by atoms with E-state index >= 15 is 0 Å². The summed E-state index contributed by atoms with van der Waals surface area (Å²) in [5, 5.41) is 9.98. The van der Waals surface area contributed by atoms with E-state index in [1.165, 1.54) is 6.42 Å². The summed E-state index contributed by atoms with van der Waals surface area (Å²) in [5.74, 6) is 0.138. The first-order valence-corrected chi connectivity index (χ1v) is 7.22. The van der Waals surface area contributed by atoms with E-state index in [2.05, 4.69) is 4.90 Å². The lowest BCUT2D eigenvalue weighted by atomic mass is 10.0. The molecule has 104 valence electrons. The molecule has 0 bridgehead atoms. The second-order valence-electron chi connectivity index (χ2n) is 5.05. The Morgan fingerprint density at radius 3 is 2.74 bits per heavy atom. The van der Waals surface area contributed by atoms with Crippen molar-refractivity contribution in [3.63, 3.8) is 0 Å². The first-order chi connectivity index (χ1) is 9.20. The van der Waals surface area contributed by atoms with Gasteiger partial charge in [0.2, 0.25) is 0 Å². The Morgan fingerprint density at radius 2 is 2.05 bits per heavy atom. The standard InChI is InChI=1S/C15H20ClNO2/c16-13-6-4-12(5-7-13)15(19)8-10-17-9-2-1-3-14(17)11-18/h4-7,14,18H,1-3,8-11H2. The largest absolute Gasteiger partial charge is 0.395 e. The number of piperidine rings is 1. The van der Waals surface area contributed by atoms with Crippen molar-refractivity contribution in [2.75, 3.05) is 19.7 Å². The molecular weight excluding hydrogens is 262 g/mol. The first-order valence-electron chi connectivity index (χ1n) is 6.84. The summed E-state index contributed by atoms with van der Waals surface area (Å²) in [6, 6.07) is 7.25. The summed E-state index contributed by atoms with van der Waals surface area (Å²) < 4.78 is 0. The summed E-state index contributed by atoms with van der Waals surface area (Å²) in [6.07, 6.45) is 3.86. The predicted molar refractivity (Wildman–Crippen MR) is 76.7 cm³/mol. The molecule has 1 aliphatic rings. The summed E-state index contributed by atoms with van der Waals surface area (Å²) in [7, 11) is 0. The number of benzene rings is 1. The van der Waals surface area contributed by atoms with Crippen LogP contribution in [0.2, 0.25) is 5.02 Å². The number of hydrogen-bond acceptors (Lipinski definition) is 3. The molecule has 0 radical (unpaired) electrons. The van der Waals surface area contributed by atoms with Gasteiger partial charge in [0.05, 0.1) is 6.61 Å². The van der Waals surface area contributed by atoms with Crippen molar-refractivity contribution in [2.24, 2.45) is 0 Å². The zero-order valence-electron chi connectivity index (χ0n) is 11.0. The van der Waals surface area contributed by atoms with Crippen LogP contribution in [0.4, 0.5) is 0 Å². The van der Waals surface area contributed by atoms with Crippen LogP contribution in [-0.2, 0) is 0 Å². The van der Waals surface area contributed by atoms with Crippen LogP contribution in [0.15, 0.2) is 24.3 Å². The minimum absolute atomic E-state index is 0.138. The Balaban J connectivity index is 1.87. The average Bonchev–Trinajstić information content (AvgIpc) is 2.45. The molecular formula is C15H20ClNO2. The minimum Gasteiger partial charge on any atom is -0.395 e. The molecule has 19 heavy (non-hydrogen) atoms. The van der Waals surface area contributed by atoms with E-state index in [-0.39, 0.29) is 18.4 Å². The Labute approximate surface area is 119 Å². The Kier molecular flexibility index (Phi) is 5.37. The number of ketones is 1. The smallest absolute Gasteiger partial charge is 0.164 e. The fourth-order valence-corrected chi connectivity index (χ4v) is 2.71. The Bertz CT molecular complexity index is 419. The lowest BCUT2D eigenvalue weighted by Gasteiger charge is -2.34. The SMILES string of the molecule is O=C(CCN1CCCCC1CO)c1ccc(Cl)cc1. The van der Waals surface area contributed by atoms with Crippen molar-refractivity contribution in [2.45, 2.75) is 31.7 Å². The van der Waals surface area contributed by atoms with E-state index in [0.717, 1.165) is 25.9 Å². The number of hydrogen-bond donors (Lipinski definition) is 1. The quantitative estimate of drug-likeness (QED) is 0.844. The molecule has 1 unspecified atom stereocenters. The third-order valence-electron chi connectivity index (χ3n) is 3.75. The van der Waals surface area contributed by atoms with Crippen LogP contribution in [0.5, 0.6) is 0 Å².